The van der Waals surface area contributed by atoms with E-state index >= 15 is 0 Å². The largest absolute Gasteiger partial charge is 0.467 e. The van der Waals surface area contributed by atoms with E-state index in [0.717, 1.165) is 17.7 Å². The highest BCUT2D eigenvalue weighted by Crippen LogP contribution is 2.30. The van der Waals surface area contributed by atoms with Crippen molar-refractivity contribution in [2.24, 2.45) is 4.99 Å². The minimum absolute atomic E-state index is 0.0923. The molecule has 2 aromatic carbocycles. The Kier molecular flexibility index (Phi) is 7.15. The normalized spacial score (nSPS) is 14.1. The summed E-state index contributed by atoms with van der Waals surface area (Å²) in [4.78, 5) is 4.34. The van der Waals surface area contributed by atoms with Crippen molar-refractivity contribution in [2.75, 3.05) is 19.9 Å². The van der Waals surface area contributed by atoms with Gasteiger partial charge >= 0.3 is 6.18 Å². The summed E-state index contributed by atoms with van der Waals surface area (Å²) in [6.07, 6.45) is -3.91. The number of nitrogens with one attached hydrogen (secondary N) is 2. The number of benzene rings is 2. The molecule has 0 saturated carbocycles. The van der Waals surface area contributed by atoms with Crippen LogP contribution < -0.4 is 15.4 Å². The Hall–Kier alpha value is -2.81. The van der Waals surface area contributed by atoms with E-state index in [0.29, 0.717) is 49.0 Å². The van der Waals surface area contributed by atoms with Gasteiger partial charge in [0.1, 0.15) is 11.6 Å². The molecule has 0 unspecified atom stereocenters. The van der Waals surface area contributed by atoms with E-state index in [4.69, 9.17) is 9.47 Å². The van der Waals surface area contributed by atoms with Gasteiger partial charge in [0.15, 0.2) is 12.8 Å². The first-order valence-corrected chi connectivity index (χ1v) is 9.57. The Morgan fingerprint density at radius 3 is 2.77 bits per heavy atom. The van der Waals surface area contributed by atoms with Crippen molar-refractivity contribution in [3.8, 4) is 5.75 Å². The Morgan fingerprint density at radius 2 is 2.00 bits per heavy atom. The molecule has 0 aromatic heterocycles. The summed E-state index contributed by atoms with van der Waals surface area (Å²) in [6.45, 7) is 3.43. The molecular weight excluding hydrogens is 402 g/mol. The highest BCUT2D eigenvalue weighted by molar-refractivity contribution is 5.79. The van der Waals surface area contributed by atoms with Gasteiger partial charge in [0.05, 0.1) is 18.7 Å². The zero-order valence-corrected chi connectivity index (χ0v) is 16.5. The zero-order chi connectivity index (χ0) is 21.6. The number of halogens is 4. The van der Waals surface area contributed by atoms with Gasteiger partial charge in [0, 0.05) is 18.7 Å². The van der Waals surface area contributed by atoms with Gasteiger partial charge in [-0.2, -0.15) is 13.2 Å². The Morgan fingerprint density at radius 1 is 1.17 bits per heavy atom. The average molecular weight is 425 g/mol. The van der Waals surface area contributed by atoms with Crippen molar-refractivity contribution in [1.29, 1.82) is 0 Å². The molecule has 2 aromatic rings. The average Bonchev–Trinajstić information content (AvgIpc) is 2.71. The molecule has 162 valence electrons. The van der Waals surface area contributed by atoms with Crippen LogP contribution in [0.3, 0.4) is 0 Å². The van der Waals surface area contributed by atoms with Crippen molar-refractivity contribution < 1.29 is 27.0 Å². The van der Waals surface area contributed by atoms with Gasteiger partial charge in [-0.15, -0.1) is 0 Å². The Labute approximate surface area is 172 Å². The smallest absolute Gasteiger partial charge is 0.416 e. The van der Waals surface area contributed by atoms with E-state index < -0.39 is 11.7 Å². The summed E-state index contributed by atoms with van der Waals surface area (Å²) in [5.41, 5.74) is 1.14. The van der Waals surface area contributed by atoms with Crippen molar-refractivity contribution in [3.05, 3.63) is 64.5 Å². The lowest BCUT2D eigenvalue weighted by atomic mass is 10.1. The standard InChI is InChI=1S/C21H23F4N3O2/c1-2-26-20(28-11-14-4-3-5-17(8-14)21(23,24)25)27-7-6-15-9-18(22)10-16-12-29-13-30-19(15)16/h3-5,8-10H,2,6-7,11-13H2,1H3,(H2,26,27,28). The monoisotopic (exact) mass is 425 g/mol. The number of ether oxygens (including phenoxy) is 2. The van der Waals surface area contributed by atoms with Crippen LogP contribution in [0, 0.1) is 5.82 Å². The van der Waals surface area contributed by atoms with Gasteiger partial charge in [-0.25, -0.2) is 9.38 Å². The number of nitrogens with zero attached hydrogens (tertiary/aromatic N) is 1. The fourth-order valence-corrected chi connectivity index (χ4v) is 3.12. The molecule has 0 atom stereocenters. The van der Waals surface area contributed by atoms with Crippen molar-refractivity contribution in [1.82, 2.24) is 10.6 Å². The van der Waals surface area contributed by atoms with Crippen LogP contribution in [0.1, 0.15) is 29.2 Å². The maximum atomic E-state index is 13.8. The maximum Gasteiger partial charge on any atom is 0.416 e. The van der Waals surface area contributed by atoms with E-state index in [-0.39, 0.29) is 19.2 Å². The first kappa shape index (κ1) is 21.9. The van der Waals surface area contributed by atoms with Crippen LogP contribution in [0.2, 0.25) is 0 Å². The molecule has 1 heterocycles. The molecule has 0 bridgehead atoms. The van der Waals surface area contributed by atoms with Crippen LogP contribution in [0.25, 0.3) is 0 Å². The summed E-state index contributed by atoms with van der Waals surface area (Å²) < 4.78 is 63.1. The SMILES string of the molecule is CCNC(=NCc1cccc(C(F)(F)F)c1)NCCc1cc(F)cc2c1OCOC2. The number of hydrogen-bond acceptors (Lipinski definition) is 3. The number of alkyl halides is 3. The molecule has 2 N–H and O–H groups in total. The molecule has 1 aliphatic heterocycles. The molecule has 0 amide bonds. The molecule has 5 nitrogen and oxygen atoms in total. The third-order valence-electron chi connectivity index (χ3n) is 4.46. The van der Waals surface area contributed by atoms with Crippen molar-refractivity contribution in [3.63, 3.8) is 0 Å². The maximum absolute atomic E-state index is 13.8. The predicted octanol–water partition coefficient (Wildman–Crippen LogP) is 4.01. The van der Waals surface area contributed by atoms with Crippen molar-refractivity contribution in [2.45, 2.75) is 32.7 Å². The van der Waals surface area contributed by atoms with Gasteiger partial charge < -0.3 is 20.1 Å². The lowest BCUT2D eigenvalue weighted by Crippen LogP contribution is -2.38. The summed E-state index contributed by atoms with van der Waals surface area (Å²) in [5, 5.41) is 6.17. The van der Waals surface area contributed by atoms with E-state index in [9.17, 15) is 17.6 Å². The highest BCUT2D eigenvalue weighted by atomic mass is 19.4. The summed E-state index contributed by atoms with van der Waals surface area (Å²) in [5.74, 6) is 0.739. The lowest BCUT2D eigenvalue weighted by Gasteiger charge is -2.21. The molecular formula is C21H23F4N3O2. The molecule has 0 fully saturated rings. The summed E-state index contributed by atoms with van der Waals surface area (Å²) >= 11 is 0. The van der Waals surface area contributed by atoms with Crippen LogP contribution in [-0.2, 0) is 30.5 Å². The molecule has 1 aliphatic rings. The minimum Gasteiger partial charge on any atom is -0.467 e. The second kappa shape index (κ2) is 9.80. The van der Waals surface area contributed by atoms with Crippen LogP contribution in [-0.4, -0.2) is 25.8 Å². The fraction of sp³-hybridized carbons (Fsp3) is 0.381. The first-order chi connectivity index (χ1) is 14.4. The van der Waals surface area contributed by atoms with Gasteiger partial charge in [0.25, 0.3) is 0 Å². The van der Waals surface area contributed by atoms with Crippen LogP contribution >= 0.6 is 0 Å². The van der Waals surface area contributed by atoms with E-state index in [2.05, 4.69) is 15.6 Å². The number of guanidine groups is 1. The molecule has 0 saturated heterocycles. The quantitative estimate of drug-likeness (QED) is 0.417. The topological polar surface area (TPSA) is 54.9 Å². The molecule has 0 aliphatic carbocycles. The predicted molar refractivity (Wildman–Crippen MR) is 105 cm³/mol. The first-order valence-electron chi connectivity index (χ1n) is 9.57. The number of aliphatic imine (C=N–C) groups is 1. The summed E-state index contributed by atoms with van der Waals surface area (Å²) in [7, 11) is 0. The minimum atomic E-state index is -4.39. The number of rotatable bonds is 6. The number of hydrogen-bond donors (Lipinski definition) is 2. The van der Waals surface area contributed by atoms with Crippen LogP contribution in [0.15, 0.2) is 41.4 Å². The van der Waals surface area contributed by atoms with Crippen molar-refractivity contribution >= 4 is 5.96 Å². The van der Waals surface area contributed by atoms with Gasteiger partial charge in [0.2, 0.25) is 0 Å². The van der Waals surface area contributed by atoms with Gasteiger partial charge in [-0.3, -0.25) is 0 Å². The third kappa shape index (κ3) is 5.85. The van der Waals surface area contributed by atoms with Gasteiger partial charge in [-0.1, -0.05) is 12.1 Å². The fourth-order valence-electron chi connectivity index (χ4n) is 3.12. The zero-order valence-electron chi connectivity index (χ0n) is 16.5. The lowest BCUT2D eigenvalue weighted by molar-refractivity contribution is -0.137. The number of fused-ring (bicyclic) bond motifs is 1. The molecule has 0 spiro atoms. The second-order valence-corrected chi connectivity index (χ2v) is 6.73. The van der Waals surface area contributed by atoms with Crippen LogP contribution in [0.4, 0.5) is 17.6 Å². The highest BCUT2D eigenvalue weighted by Gasteiger charge is 2.30. The van der Waals surface area contributed by atoms with Crippen LogP contribution in [0.5, 0.6) is 5.75 Å². The summed E-state index contributed by atoms with van der Waals surface area (Å²) in [6, 6.07) is 7.91. The molecule has 0 radical (unpaired) electrons. The second-order valence-electron chi connectivity index (χ2n) is 6.73. The van der Waals surface area contributed by atoms with E-state index in [1.807, 2.05) is 6.92 Å². The molecule has 3 rings (SSSR count). The Balaban J connectivity index is 1.63. The van der Waals surface area contributed by atoms with Gasteiger partial charge in [-0.05, 0) is 48.7 Å². The molecule has 30 heavy (non-hydrogen) atoms. The van der Waals surface area contributed by atoms with E-state index in [1.54, 1.807) is 6.07 Å². The van der Waals surface area contributed by atoms with E-state index in [1.165, 1.54) is 18.2 Å². The molecule has 9 heteroatoms. The third-order valence-corrected chi connectivity index (χ3v) is 4.46. The Bertz CT molecular complexity index is 900.